The van der Waals surface area contributed by atoms with Gasteiger partial charge in [0.1, 0.15) is 18.0 Å². The van der Waals surface area contributed by atoms with Crippen molar-refractivity contribution in [3.8, 4) is 0 Å². The first kappa shape index (κ1) is 15.6. The predicted molar refractivity (Wildman–Crippen MR) is 86.3 cm³/mol. The van der Waals surface area contributed by atoms with Crippen LogP contribution in [0, 0.1) is 11.7 Å². The van der Waals surface area contributed by atoms with Crippen LogP contribution in [0.1, 0.15) is 12.8 Å². The van der Waals surface area contributed by atoms with Crippen LogP contribution in [-0.4, -0.2) is 47.0 Å². The first-order valence-corrected chi connectivity index (χ1v) is 7.80. The highest BCUT2D eigenvalue weighted by atomic mass is 19.1. The molecule has 2 heterocycles. The third kappa shape index (κ3) is 3.56. The van der Waals surface area contributed by atoms with E-state index in [-0.39, 0.29) is 17.6 Å². The Morgan fingerprint density at radius 3 is 3.13 bits per heavy atom. The van der Waals surface area contributed by atoms with Gasteiger partial charge in [-0.25, -0.2) is 14.4 Å². The fourth-order valence-electron chi connectivity index (χ4n) is 3.03. The zero-order valence-corrected chi connectivity index (χ0v) is 12.8. The molecule has 3 rings (SSSR count). The highest BCUT2D eigenvalue weighted by molar-refractivity contribution is 5.89. The maximum absolute atomic E-state index is 14.0. The van der Waals surface area contributed by atoms with Gasteiger partial charge in [0.05, 0.1) is 16.8 Å². The van der Waals surface area contributed by atoms with Gasteiger partial charge in [0.25, 0.3) is 0 Å². The lowest BCUT2D eigenvalue weighted by molar-refractivity contribution is -0.123. The smallest absolute Gasteiger partial charge is 0.221 e. The summed E-state index contributed by atoms with van der Waals surface area (Å²) in [7, 11) is 0. The molecule has 23 heavy (non-hydrogen) atoms. The first-order valence-electron chi connectivity index (χ1n) is 7.80. The molecule has 3 N–H and O–H groups in total. The molecule has 122 valence electrons. The Morgan fingerprint density at radius 2 is 2.30 bits per heavy atom. The normalized spacial score (nSPS) is 18.9. The van der Waals surface area contributed by atoms with E-state index in [1.807, 2.05) is 0 Å². The van der Waals surface area contributed by atoms with Gasteiger partial charge in [-0.05, 0) is 31.5 Å². The topological polar surface area (TPSA) is 84.1 Å². The lowest BCUT2D eigenvalue weighted by Gasteiger charge is -2.31. The second kappa shape index (κ2) is 6.87. The van der Waals surface area contributed by atoms with Crippen LogP contribution in [0.25, 0.3) is 10.9 Å². The standard InChI is InChI=1S/C16H20FN5O/c17-12-4-1-5-13-14(12)16(21-10-20-13)19-6-8-22-7-2-3-11(9-22)15(18)23/h1,4-5,10-11H,2-3,6-9H2,(H2,18,23)(H,19,20,21)/t11-/m1/s1. The summed E-state index contributed by atoms with van der Waals surface area (Å²) in [6.07, 6.45) is 3.26. The molecular weight excluding hydrogens is 297 g/mol. The quantitative estimate of drug-likeness (QED) is 0.870. The minimum Gasteiger partial charge on any atom is -0.369 e. The van der Waals surface area contributed by atoms with Gasteiger partial charge >= 0.3 is 0 Å². The van der Waals surface area contributed by atoms with Crippen molar-refractivity contribution >= 4 is 22.6 Å². The van der Waals surface area contributed by atoms with Crippen LogP contribution in [0.2, 0.25) is 0 Å². The van der Waals surface area contributed by atoms with Crippen molar-refractivity contribution in [2.45, 2.75) is 12.8 Å². The van der Waals surface area contributed by atoms with E-state index in [2.05, 4.69) is 20.2 Å². The third-order valence-corrected chi connectivity index (χ3v) is 4.24. The summed E-state index contributed by atoms with van der Waals surface area (Å²) in [5.41, 5.74) is 5.97. The summed E-state index contributed by atoms with van der Waals surface area (Å²) in [6, 6.07) is 4.79. The highest BCUT2D eigenvalue weighted by Crippen LogP contribution is 2.22. The Labute approximate surface area is 133 Å². The number of rotatable bonds is 5. The van der Waals surface area contributed by atoms with Gasteiger partial charge in [-0.2, -0.15) is 0 Å². The number of benzene rings is 1. The third-order valence-electron chi connectivity index (χ3n) is 4.24. The van der Waals surface area contributed by atoms with Gasteiger partial charge < -0.3 is 16.0 Å². The molecule has 0 aliphatic carbocycles. The molecule has 0 spiro atoms. The second-order valence-corrected chi connectivity index (χ2v) is 5.83. The van der Waals surface area contributed by atoms with E-state index in [0.717, 1.165) is 25.9 Å². The minimum absolute atomic E-state index is 0.0684. The molecule has 1 aliphatic heterocycles. The number of carbonyl (C=O) groups excluding carboxylic acids is 1. The van der Waals surface area contributed by atoms with Gasteiger partial charge in [-0.1, -0.05) is 6.07 Å². The number of hydrogen-bond acceptors (Lipinski definition) is 5. The zero-order valence-electron chi connectivity index (χ0n) is 12.8. The van der Waals surface area contributed by atoms with Gasteiger partial charge in [-0.3, -0.25) is 4.79 Å². The Hall–Kier alpha value is -2.28. The lowest BCUT2D eigenvalue weighted by atomic mass is 9.97. The molecule has 1 aromatic carbocycles. The number of hydrogen-bond donors (Lipinski definition) is 2. The molecule has 0 unspecified atom stereocenters. The number of anilines is 1. The Kier molecular flexibility index (Phi) is 4.66. The maximum atomic E-state index is 14.0. The number of nitrogens with one attached hydrogen (secondary N) is 1. The molecule has 1 fully saturated rings. The van der Waals surface area contributed by atoms with Crippen LogP contribution in [-0.2, 0) is 4.79 Å². The monoisotopic (exact) mass is 317 g/mol. The van der Waals surface area contributed by atoms with Crippen molar-refractivity contribution < 1.29 is 9.18 Å². The average Bonchev–Trinajstić information content (AvgIpc) is 2.55. The molecule has 1 aromatic heterocycles. The number of amides is 1. The van der Waals surface area contributed by atoms with Gasteiger partial charge in [0.2, 0.25) is 5.91 Å². The molecule has 0 radical (unpaired) electrons. The molecule has 1 amide bonds. The van der Waals surface area contributed by atoms with Crippen LogP contribution in [0.5, 0.6) is 0 Å². The Bertz CT molecular complexity index is 703. The number of likely N-dealkylation sites (tertiary alicyclic amines) is 1. The van der Waals surface area contributed by atoms with Crippen molar-refractivity contribution in [3.63, 3.8) is 0 Å². The maximum Gasteiger partial charge on any atom is 0.221 e. The van der Waals surface area contributed by atoms with E-state index in [1.54, 1.807) is 12.1 Å². The van der Waals surface area contributed by atoms with Crippen molar-refractivity contribution in [3.05, 3.63) is 30.3 Å². The summed E-state index contributed by atoms with van der Waals surface area (Å²) in [4.78, 5) is 21.7. The van der Waals surface area contributed by atoms with Crippen LogP contribution in [0.15, 0.2) is 24.5 Å². The summed E-state index contributed by atoms with van der Waals surface area (Å²) >= 11 is 0. The summed E-state index contributed by atoms with van der Waals surface area (Å²) in [6.45, 7) is 3.01. The molecule has 0 bridgehead atoms. The number of nitrogens with zero attached hydrogens (tertiary/aromatic N) is 3. The summed E-state index contributed by atoms with van der Waals surface area (Å²) < 4.78 is 14.0. The number of carbonyl (C=O) groups is 1. The first-order chi connectivity index (χ1) is 11.1. The molecule has 0 saturated carbocycles. The van der Waals surface area contributed by atoms with E-state index in [4.69, 9.17) is 5.73 Å². The average molecular weight is 317 g/mol. The molecule has 1 aliphatic rings. The largest absolute Gasteiger partial charge is 0.369 e. The number of fused-ring (bicyclic) bond motifs is 1. The summed E-state index contributed by atoms with van der Waals surface area (Å²) in [5.74, 6) is -0.137. The highest BCUT2D eigenvalue weighted by Gasteiger charge is 2.23. The van der Waals surface area contributed by atoms with Gasteiger partial charge in [-0.15, -0.1) is 0 Å². The number of halogens is 1. The van der Waals surface area contributed by atoms with Crippen molar-refractivity contribution in [1.29, 1.82) is 0 Å². The number of nitrogens with two attached hydrogens (primary N) is 1. The Balaban J connectivity index is 1.62. The number of primary amides is 1. The predicted octanol–water partition coefficient (Wildman–Crippen LogP) is 1.38. The molecule has 2 aromatic rings. The Morgan fingerprint density at radius 1 is 1.43 bits per heavy atom. The summed E-state index contributed by atoms with van der Waals surface area (Å²) in [5, 5.41) is 3.58. The zero-order chi connectivity index (χ0) is 16.2. The lowest BCUT2D eigenvalue weighted by Crippen LogP contribution is -2.42. The van der Waals surface area contributed by atoms with Gasteiger partial charge in [0, 0.05) is 19.6 Å². The van der Waals surface area contributed by atoms with Crippen LogP contribution < -0.4 is 11.1 Å². The van der Waals surface area contributed by atoms with Crippen LogP contribution in [0.3, 0.4) is 0 Å². The molecule has 6 nitrogen and oxygen atoms in total. The van der Waals surface area contributed by atoms with E-state index in [9.17, 15) is 9.18 Å². The SMILES string of the molecule is NC(=O)[C@@H]1CCCN(CCNc2ncnc3cccc(F)c23)C1. The van der Waals surface area contributed by atoms with E-state index in [1.165, 1.54) is 12.4 Å². The van der Waals surface area contributed by atoms with Crippen LogP contribution >= 0.6 is 0 Å². The van der Waals surface area contributed by atoms with Crippen LogP contribution in [0.4, 0.5) is 10.2 Å². The molecule has 1 atom stereocenters. The number of piperidine rings is 1. The minimum atomic E-state index is -0.336. The van der Waals surface area contributed by atoms with Crippen molar-refractivity contribution in [1.82, 2.24) is 14.9 Å². The number of aromatic nitrogens is 2. The van der Waals surface area contributed by atoms with Crippen molar-refractivity contribution in [2.24, 2.45) is 11.7 Å². The molecular formula is C16H20FN5O. The molecule has 1 saturated heterocycles. The second-order valence-electron chi connectivity index (χ2n) is 5.83. The van der Waals surface area contributed by atoms with Crippen molar-refractivity contribution in [2.75, 3.05) is 31.5 Å². The molecule has 7 heteroatoms. The van der Waals surface area contributed by atoms with Gasteiger partial charge in [0.15, 0.2) is 0 Å². The van der Waals surface area contributed by atoms with E-state index in [0.29, 0.717) is 29.8 Å². The fraction of sp³-hybridized carbons (Fsp3) is 0.438. The van der Waals surface area contributed by atoms with E-state index < -0.39 is 0 Å². The van der Waals surface area contributed by atoms with E-state index >= 15 is 0 Å². The fourth-order valence-corrected chi connectivity index (χ4v) is 3.03.